The van der Waals surface area contributed by atoms with Crippen molar-refractivity contribution in [1.82, 2.24) is 0 Å². The van der Waals surface area contributed by atoms with E-state index in [1.165, 1.54) is 27.8 Å². The van der Waals surface area contributed by atoms with Gasteiger partial charge in [0.05, 0.1) is 11.4 Å². The van der Waals surface area contributed by atoms with E-state index in [1.807, 2.05) is 19.1 Å². The predicted molar refractivity (Wildman–Crippen MR) is 145 cm³/mol. The van der Waals surface area contributed by atoms with E-state index in [2.05, 4.69) is 104 Å². The van der Waals surface area contributed by atoms with E-state index >= 15 is 0 Å². The number of allylic oxidation sites excluding steroid dienone is 1. The van der Waals surface area contributed by atoms with Crippen LogP contribution in [0.25, 0.3) is 28.0 Å². The molecular formula is C32H28N2. The van der Waals surface area contributed by atoms with Gasteiger partial charge in [0.15, 0.2) is 0 Å². The van der Waals surface area contributed by atoms with Crippen molar-refractivity contribution in [2.75, 3.05) is 0 Å². The SMILES string of the molecule is CC1=N/C(c2ccc(-c3ccccc3)cc2)=C(\C)CCC(c2ccc(-c3ccccc3)cc2)=N1. The minimum Gasteiger partial charge on any atom is -0.238 e. The maximum atomic E-state index is 4.94. The Balaban J connectivity index is 1.40. The average Bonchev–Trinajstić information content (AvgIpc) is 2.90. The van der Waals surface area contributed by atoms with Gasteiger partial charge >= 0.3 is 0 Å². The van der Waals surface area contributed by atoms with Crippen LogP contribution in [0.5, 0.6) is 0 Å². The van der Waals surface area contributed by atoms with Gasteiger partial charge in [0.1, 0.15) is 5.84 Å². The molecular weight excluding hydrogens is 412 g/mol. The van der Waals surface area contributed by atoms with Crippen LogP contribution in [0, 0.1) is 0 Å². The van der Waals surface area contributed by atoms with Gasteiger partial charge in [-0.05, 0) is 60.1 Å². The number of amidine groups is 1. The van der Waals surface area contributed by atoms with Crippen LogP contribution in [0.3, 0.4) is 0 Å². The van der Waals surface area contributed by atoms with Crippen LogP contribution in [0.2, 0.25) is 0 Å². The van der Waals surface area contributed by atoms with Crippen molar-refractivity contribution in [2.45, 2.75) is 26.7 Å². The number of benzene rings is 4. The Morgan fingerprint density at radius 1 is 0.441 bits per heavy atom. The summed E-state index contributed by atoms with van der Waals surface area (Å²) in [5, 5.41) is 0. The third-order valence-corrected chi connectivity index (χ3v) is 6.30. The summed E-state index contributed by atoms with van der Waals surface area (Å²) < 4.78 is 0. The Morgan fingerprint density at radius 3 is 1.41 bits per heavy atom. The summed E-state index contributed by atoms with van der Waals surface area (Å²) in [6.45, 7) is 4.19. The van der Waals surface area contributed by atoms with Gasteiger partial charge in [-0.15, -0.1) is 0 Å². The van der Waals surface area contributed by atoms with Crippen LogP contribution in [0.4, 0.5) is 0 Å². The second kappa shape index (κ2) is 9.84. The minimum atomic E-state index is 0.795. The molecule has 1 aliphatic heterocycles. The number of hydrogen-bond acceptors (Lipinski definition) is 2. The molecule has 0 aliphatic carbocycles. The van der Waals surface area contributed by atoms with Crippen LogP contribution < -0.4 is 0 Å². The molecule has 1 heterocycles. The summed E-state index contributed by atoms with van der Waals surface area (Å²) in [5.41, 5.74) is 10.6. The molecule has 0 amide bonds. The lowest BCUT2D eigenvalue weighted by Gasteiger charge is -2.15. The van der Waals surface area contributed by atoms with Crippen molar-refractivity contribution in [3.63, 3.8) is 0 Å². The topological polar surface area (TPSA) is 24.7 Å². The van der Waals surface area contributed by atoms with Crippen molar-refractivity contribution in [3.8, 4) is 22.3 Å². The molecule has 0 atom stereocenters. The van der Waals surface area contributed by atoms with E-state index in [0.717, 1.165) is 41.2 Å². The fourth-order valence-corrected chi connectivity index (χ4v) is 4.41. The van der Waals surface area contributed by atoms with Gasteiger partial charge in [-0.1, -0.05) is 109 Å². The molecule has 4 aromatic carbocycles. The van der Waals surface area contributed by atoms with Gasteiger partial charge in [-0.2, -0.15) is 0 Å². The summed E-state index contributed by atoms with van der Waals surface area (Å²) in [7, 11) is 0. The van der Waals surface area contributed by atoms with Crippen LogP contribution in [0.15, 0.2) is 125 Å². The first-order valence-corrected chi connectivity index (χ1v) is 11.8. The average molecular weight is 441 g/mol. The van der Waals surface area contributed by atoms with E-state index in [1.54, 1.807) is 0 Å². The monoisotopic (exact) mass is 440 g/mol. The molecule has 0 saturated heterocycles. The lowest BCUT2D eigenvalue weighted by molar-refractivity contribution is 1.00. The van der Waals surface area contributed by atoms with E-state index in [-0.39, 0.29) is 0 Å². The second-order valence-corrected chi connectivity index (χ2v) is 8.73. The zero-order valence-electron chi connectivity index (χ0n) is 19.7. The molecule has 166 valence electrons. The van der Waals surface area contributed by atoms with Gasteiger partial charge in [-0.3, -0.25) is 0 Å². The summed E-state index contributed by atoms with van der Waals surface area (Å²) in [6.07, 6.45) is 1.83. The number of nitrogens with zero attached hydrogens (tertiary/aromatic N) is 2. The van der Waals surface area contributed by atoms with Crippen LogP contribution in [0.1, 0.15) is 37.8 Å². The first kappa shape index (κ1) is 21.8. The highest BCUT2D eigenvalue weighted by molar-refractivity contribution is 6.08. The number of rotatable bonds is 4. The summed E-state index contributed by atoms with van der Waals surface area (Å²) in [6, 6.07) is 38.4. The highest BCUT2D eigenvalue weighted by atomic mass is 14.9. The molecule has 2 nitrogen and oxygen atoms in total. The summed E-state index contributed by atoms with van der Waals surface area (Å²) >= 11 is 0. The van der Waals surface area contributed by atoms with Gasteiger partial charge in [0, 0.05) is 5.56 Å². The Bertz CT molecular complexity index is 1360. The molecule has 0 bridgehead atoms. The predicted octanol–water partition coefficient (Wildman–Crippen LogP) is 8.45. The van der Waals surface area contributed by atoms with Crippen molar-refractivity contribution in [3.05, 3.63) is 126 Å². The largest absolute Gasteiger partial charge is 0.238 e. The summed E-state index contributed by atoms with van der Waals surface area (Å²) in [5.74, 6) is 0.795. The van der Waals surface area contributed by atoms with Crippen molar-refractivity contribution < 1.29 is 0 Å². The normalized spacial score (nSPS) is 16.3. The van der Waals surface area contributed by atoms with Gasteiger partial charge in [0.2, 0.25) is 0 Å². The molecule has 5 rings (SSSR count). The van der Waals surface area contributed by atoms with Crippen molar-refractivity contribution in [2.24, 2.45) is 9.98 Å². The number of aliphatic imine (C=N–C) groups is 2. The van der Waals surface area contributed by atoms with Crippen LogP contribution >= 0.6 is 0 Å². The fourth-order valence-electron chi connectivity index (χ4n) is 4.41. The van der Waals surface area contributed by atoms with E-state index in [4.69, 9.17) is 9.98 Å². The third kappa shape index (κ3) is 4.82. The number of hydrogen-bond donors (Lipinski definition) is 0. The Morgan fingerprint density at radius 2 is 0.882 bits per heavy atom. The molecule has 1 aliphatic rings. The highest BCUT2D eigenvalue weighted by Gasteiger charge is 2.13. The molecule has 0 saturated carbocycles. The summed E-state index contributed by atoms with van der Waals surface area (Å²) in [4.78, 5) is 9.86. The first-order valence-electron chi connectivity index (χ1n) is 11.8. The maximum absolute atomic E-state index is 4.94. The quantitative estimate of drug-likeness (QED) is 0.304. The fraction of sp³-hybridized carbons (Fsp3) is 0.125. The highest BCUT2D eigenvalue weighted by Crippen LogP contribution is 2.29. The molecule has 0 radical (unpaired) electrons. The smallest absolute Gasteiger partial charge is 0.126 e. The molecule has 4 aromatic rings. The Hall–Kier alpha value is -4.04. The van der Waals surface area contributed by atoms with Crippen LogP contribution in [-0.2, 0) is 0 Å². The Labute approximate surface area is 202 Å². The molecule has 0 unspecified atom stereocenters. The lowest BCUT2D eigenvalue weighted by atomic mass is 9.96. The molecule has 0 N–H and O–H groups in total. The molecule has 0 fully saturated rings. The molecule has 0 spiro atoms. The third-order valence-electron chi connectivity index (χ3n) is 6.30. The lowest BCUT2D eigenvalue weighted by Crippen LogP contribution is -2.07. The van der Waals surface area contributed by atoms with Gasteiger partial charge < -0.3 is 0 Å². The molecule has 34 heavy (non-hydrogen) atoms. The van der Waals surface area contributed by atoms with E-state index < -0.39 is 0 Å². The maximum Gasteiger partial charge on any atom is 0.126 e. The van der Waals surface area contributed by atoms with E-state index in [9.17, 15) is 0 Å². The minimum absolute atomic E-state index is 0.795. The van der Waals surface area contributed by atoms with Crippen molar-refractivity contribution >= 4 is 17.2 Å². The first-order chi connectivity index (χ1) is 16.7. The standard InChI is InChI=1S/C32H28N2/c1-23-13-22-31(29-18-14-27(15-19-29)25-9-5-3-6-10-25)33-24(2)34-32(23)30-20-16-28(17-21-30)26-11-7-4-8-12-26/h3-12,14-21H,13,22H2,1-2H3/b32-23+,33-31?,34-24?. The second-order valence-electron chi connectivity index (χ2n) is 8.73. The zero-order valence-corrected chi connectivity index (χ0v) is 19.7. The zero-order chi connectivity index (χ0) is 23.3. The molecule has 2 heteroatoms. The Kier molecular flexibility index (Phi) is 6.31. The van der Waals surface area contributed by atoms with Gasteiger partial charge in [-0.25, -0.2) is 9.98 Å². The van der Waals surface area contributed by atoms with Crippen molar-refractivity contribution in [1.29, 1.82) is 0 Å². The molecule has 0 aromatic heterocycles. The van der Waals surface area contributed by atoms with Crippen LogP contribution in [-0.4, -0.2) is 11.5 Å². The van der Waals surface area contributed by atoms with Gasteiger partial charge in [0.25, 0.3) is 0 Å². The van der Waals surface area contributed by atoms with E-state index in [0.29, 0.717) is 0 Å².